The van der Waals surface area contributed by atoms with E-state index in [0.29, 0.717) is 17.9 Å². The number of anilines is 2. The van der Waals surface area contributed by atoms with Gasteiger partial charge < -0.3 is 14.9 Å². The van der Waals surface area contributed by atoms with Gasteiger partial charge in [0.25, 0.3) is 0 Å². The second-order valence-electron chi connectivity index (χ2n) is 6.97. The number of hydrogen-bond donors (Lipinski definition) is 2. The fraction of sp³-hybridized carbons (Fsp3) is 0.364. The number of likely N-dealkylation sites (tertiary alicyclic amines) is 1. The van der Waals surface area contributed by atoms with Gasteiger partial charge in [-0.15, -0.1) is 12.4 Å². The molecular weight excluding hydrogens is 422 g/mol. The summed E-state index contributed by atoms with van der Waals surface area (Å²) >= 11 is 0. The van der Waals surface area contributed by atoms with Gasteiger partial charge in [-0.2, -0.15) is 0 Å². The number of carbonyl (C=O) groups excluding carboxylic acids is 2. The van der Waals surface area contributed by atoms with Crippen molar-refractivity contribution < 1.29 is 24.5 Å². The zero-order chi connectivity index (χ0) is 20.3. The largest absolute Gasteiger partial charge is 0.445 e. The van der Waals surface area contributed by atoms with E-state index in [1.165, 1.54) is 6.42 Å². The number of benzene rings is 2. The fourth-order valence-corrected chi connectivity index (χ4v) is 3.22. The molecule has 0 aliphatic carbocycles. The van der Waals surface area contributed by atoms with Crippen molar-refractivity contribution in [3.63, 3.8) is 0 Å². The third-order valence-electron chi connectivity index (χ3n) is 4.62. The molecule has 0 radical (unpaired) electrons. The second-order valence-corrected chi connectivity index (χ2v) is 6.97. The van der Waals surface area contributed by atoms with Gasteiger partial charge in [0.1, 0.15) is 6.61 Å². The lowest BCUT2D eigenvalue weighted by Crippen LogP contribution is -2.41. The van der Waals surface area contributed by atoms with Gasteiger partial charge in [0.15, 0.2) is 6.10 Å². The Morgan fingerprint density at radius 2 is 1.35 bits per heavy atom. The van der Waals surface area contributed by atoms with E-state index in [4.69, 9.17) is 9.47 Å². The standard InChI is InChI=1S/C22H27N3O4.ClH.H2O/c26-21(23-18-10-4-1-5-11-18)28-17-20(16-25-14-8-3-9-15-25)29-22(27)24-19-12-6-2-7-13-19;;/h1-2,4-7,10-13,20H,3,8-9,14-17H2,(H,23,26)(H,24,27);1H;1H2. The summed E-state index contributed by atoms with van der Waals surface area (Å²) in [5, 5.41) is 5.36. The number of halogens is 1. The second kappa shape index (κ2) is 14.2. The Labute approximate surface area is 188 Å². The van der Waals surface area contributed by atoms with E-state index < -0.39 is 18.3 Å². The van der Waals surface area contributed by atoms with Gasteiger partial charge in [-0.25, -0.2) is 9.59 Å². The van der Waals surface area contributed by atoms with Crippen molar-refractivity contribution in [1.82, 2.24) is 4.90 Å². The van der Waals surface area contributed by atoms with Crippen LogP contribution in [0, 0.1) is 0 Å². The van der Waals surface area contributed by atoms with Crippen molar-refractivity contribution in [3.05, 3.63) is 60.7 Å². The van der Waals surface area contributed by atoms with Crippen LogP contribution in [0.3, 0.4) is 0 Å². The van der Waals surface area contributed by atoms with Crippen molar-refractivity contribution in [3.8, 4) is 0 Å². The van der Waals surface area contributed by atoms with Gasteiger partial charge in [-0.05, 0) is 50.2 Å². The first kappa shape index (κ1) is 26.2. The van der Waals surface area contributed by atoms with Crippen molar-refractivity contribution in [2.45, 2.75) is 25.4 Å². The molecule has 1 aliphatic rings. The van der Waals surface area contributed by atoms with Crippen LogP contribution < -0.4 is 10.6 Å². The van der Waals surface area contributed by atoms with E-state index in [0.717, 1.165) is 25.9 Å². The lowest BCUT2D eigenvalue weighted by Gasteiger charge is -2.30. The summed E-state index contributed by atoms with van der Waals surface area (Å²) < 4.78 is 10.9. The number of nitrogens with one attached hydrogen (secondary N) is 2. The first-order valence-corrected chi connectivity index (χ1v) is 9.93. The Balaban J connectivity index is 0.00000240. The highest BCUT2D eigenvalue weighted by Gasteiger charge is 2.22. The summed E-state index contributed by atoms with van der Waals surface area (Å²) in [5.41, 5.74) is 1.30. The topological polar surface area (TPSA) is 111 Å². The fourth-order valence-electron chi connectivity index (χ4n) is 3.22. The quantitative estimate of drug-likeness (QED) is 0.662. The van der Waals surface area contributed by atoms with Crippen LogP contribution in [0.5, 0.6) is 0 Å². The minimum absolute atomic E-state index is 0. The number of carbonyl (C=O) groups is 2. The molecule has 2 aromatic rings. The molecule has 1 fully saturated rings. The molecule has 8 nitrogen and oxygen atoms in total. The van der Waals surface area contributed by atoms with Crippen LogP contribution in [0.25, 0.3) is 0 Å². The average Bonchev–Trinajstić information content (AvgIpc) is 2.74. The summed E-state index contributed by atoms with van der Waals surface area (Å²) in [5.74, 6) is 0. The molecule has 2 aromatic carbocycles. The zero-order valence-electron chi connectivity index (χ0n) is 17.3. The number of hydrogen-bond acceptors (Lipinski definition) is 5. The van der Waals surface area contributed by atoms with E-state index in [9.17, 15) is 9.59 Å². The van der Waals surface area contributed by atoms with Crippen LogP contribution in [0.15, 0.2) is 60.7 Å². The molecule has 0 bridgehead atoms. The van der Waals surface area contributed by atoms with E-state index in [1.807, 2.05) is 36.4 Å². The maximum atomic E-state index is 12.3. The summed E-state index contributed by atoms with van der Waals surface area (Å²) in [7, 11) is 0. The summed E-state index contributed by atoms with van der Waals surface area (Å²) in [4.78, 5) is 26.6. The predicted molar refractivity (Wildman–Crippen MR) is 123 cm³/mol. The minimum atomic E-state index is -0.577. The Hall–Kier alpha value is -2.81. The maximum absolute atomic E-state index is 12.3. The molecule has 0 aromatic heterocycles. The Morgan fingerprint density at radius 1 is 0.839 bits per heavy atom. The molecule has 1 unspecified atom stereocenters. The van der Waals surface area contributed by atoms with Crippen LogP contribution in [-0.2, 0) is 9.47 Å². The summed E-state index contributed by atoms with van der Waals surface area (Å²) in [6.07, 6.45) is 1.76. The molecule has 9 heteroatoms. The van der Waals surface area contributed by atoms with E-state index >= 15 is 0 Å². The normalized spacial score (nSPS) is 14.2. The van der Waals surface area contributed by atoms with Crippen LogP contribution in [-0.4, -0.2) is 54.9 Å². The highest BCUT2D eigenvalue weighted by Crippen LogP contribution is 2.12. The highest BCUT2D eigenvalue weighted by molar-refractivity contribution is 5.86. The van der Waals surface area contributed by atoms with Gasteiger partial charge in [-0.3, -0.25) is 15.5 Å². The van der Waals surface area contributed by atoms with Crippen molar-refractivity contribution >= 4 is 36.0 Å². The molecule has 4 N–H and O–H groups in total. The molecule has 1 atom stereocenters. The number of piperidine rings is 1. The molecule has 170 valence electrons. The molecule has 0 spiro atoms. The Morgan fingerprint density at radius 3 is 1.90 bits per heavy atom. The zero-order valence-corrected chi connectivity index (χ0v) is 18.1. The van der Waals surface area contributed by atoms with E-state index in [1.54, 1.807) is 24.3 Å². The third kappa shape index (κ3) is 9.69. The van der Waals surface area contributed by atoms with Gasteiger partial charge in [0.05, 0.1) is 0 Å². The molecule has 1 saturated heterocycles. The lowest BCUT2D eigenvalue weighted by molar-refractivity contribution is 0.0299. The first-order valence-electron chi connectivity index (χ1n) is 9.93. The number of nitrogens with zero attached hydrogens (tertiary/aromatic N) is 1. The molecule has 2 amide bonds. The molecule has 31 heavy (non-hydrogen) atoms. The number of para-hydroxylation sites is 2. The number of ether oxygens (including phenoxy) is 2. The van der Waals surface area contributed by atoms with Gasteiger partial charge in [-0.1, -0.05) is 42.8 Å². The number of rotatable bonds is 7. The molecule has 1 aliphatic heterocycles. The average molecular weight is 452 g/mol. The number of amides is 2. The van der Waals surface area contributed by atoms with E-state index in [-0.39, 0.29) is 24.5 Å². The third-order valence-corrected chi connectivity index (χ3v) is 4.62. The minimum Gasteiger partial charge on any atom is -0.445 e. The maximum Gasteiger partial charge on any atom is 0.412 e. The van der Waals surface area contributed by atoms with Crippen LogP contribution in [0.4, 0.5) is 21.0 Å². The predicted octanol–water partition coefficient (Wildman–Crippen LogP) is 3.94. The van der Waals surface area contributed by atoms with Crippen molar-refractivity contribution in [2.24, 2.45) is 0 Å². The Kier molecular flexibility index (Phi) is 12.0. The molecule has 0 saturated carbocycles. The Bertz CT molecular complexity index is 773. The van der Waals surface area contributed by atoms with Gasteiger partial charge in [0, 0.05) is 17.9 Å². The SMILES string of the molecule is Cl.O.O=C(Nc1ccccc1)OCC(CN1CCCCC1)OC(=O)Nc1ccccc1. The molecule has 1 heterocycles. The van der Waals surface area contributed by atoms with Crippen LogP contribution in [0.2, 0.25) is 0 Å². The molecule has 3 rings (SSSR count). The van der Waals surface area contributed by atoms with Crippen LogP contribution in [0.1, 0.15) is 19.3 Å². The van der Waals surface area contributed by atoms with Gasteiger partial charge in [0.2, 0.25) is 0 Å². The van der Waals surface area contributed by atoms with Crippen molar-refractivity contribution in [2.75, 3.05) is 36.9 Å². The summed E-state index contributed by atoms with van der Waals surface area (Å²) in [6.45, 7) is 2.42. The first-order chi connectivity index (χ1) is 14.2. The highest BCUT2D eigenvalue weighted by atomic mass is 35.5. The summed E-state index contributed by atoms with van der Waals surface area (Å²) in [6, 6.07) is 18.2. The van der Waals surface area contributed by atoms with Crippen LogP contribution >= 0.6 is 12.4 Å². The smallest absolute Gasteiger partial charge is 0.412 e. The molecular formula is C22H30ClN3O5. The monoisotopic (exact) mass is 451 g/mol. The lowest BCUT2D eigenvalue weighted by atomic mass is 10.1. The van der Waals surface area contributed by atoms with Crippen molar-refractivity contribution in [1.29, 1.82) is 0 Å². The van der Waals surface area contributed by atoms with Gasteiger partial charge >= 0.3 is 12.2 Å². The van der Waals surface area contributed by atoms with E-state index in [2.05, 4.69) is 15.5 Å².